The monoisotopic (exact) mass is 251 g/mol. The van der Waals surface area contributed by atoms with Gasteiger partial charge in [-0.3, -0.25) is 4.79 Å². The van der Waals surface area contributed by atoms with Crippen molar-refractivity contribution in [2.24, 2.45) is 5.73 Å². The Hall–Kier alpha value is -0.680. The first-order valence-electron chi connectivity index (χ1n) is 6.24. The van der Waals surface area contributed by atoms with Crippen LogP contribution in [-0.4, -0.2) is 23.4 Å². The molecule has 0 spiro atoms. The van der Waals surface area contributed by atoms with Crippen molar-refractivity contribution in [1.29, 1.82) is 0 Å². The molecular weight excluding hydrogens is 225 g/mol. The number of halogens is 1. The third-order valence-electron chi connectivity index (χ3n) is 2.21. The van der Waals surface area contributed by atoms with Gasteiger partial charge in [0.1, 0.15) is 12.1 Å². The van der Waals surface area contributed by atoms with Gasteiger partial charge in [-0.2, -0.15) is 0 Å². The lowest BCUT2D eigenvalue weighted by Gasteiger charge is -2.22. The first-order valence-corrected chi connectivity index (χ1v) is 6.24. The topological polar surface area (TPSA) is 72.6 Å². The molecule has 0 aromatic carbocycles. The molecule has 0 bridgehead atoms. The van der Waals surface area contributed by atoms with Gasteiger partial charge in [-0.25, -0.2) is 5.31 Å². The van der Waals surface area contributed by atoms with Crippen LogP contribution in [0.15, 0.2) is 0 Å². The number of hydrogen-bond donors (Lipinski definition) is 2. The molecule has 0 radical (unpaired) electrons. The average molecular weight is 251 g/mol. The molecular formula is C12H26FNO3. The highest BCUT2D eigenvalue weighted by Crippen LogP contribution is 2.20. The van der Waals surface area contributed by atoms with Gasteiger partial charge in [0.05, 0.1) is 0 Å². The Labute approximate surface area is 103 Å². The number of ether oxygens (including phenoxy) is 1. The summed E-state index contributed by atoms with van der Waals surface area (Å²) in [5.74, 6) is -0.262. The second-order valence-corrected chi connectivity index (χ2v) is 4.19. The molecule has 1 fully saturated rings. The van der Waals surface area contributed by atoms with Crippen LogP contribution in [0.2, 0.25) is 0 Å². The molecule has 104 valence electrons. The molecule has 1 aliphatic rings. The predicted octanol–water partition coefficient (Wildman–Crippen LogP) is 2.49. The standard InChI is InChI=1S/C9H17NO2.C3H8.FHO/c1-7(10)9(11)12-8-5-3-2-4-6-8;1-3-2;1-2/h7-8H,2-6,10H2,1H3;3H2,1-2H3;2H. The van der Waals surface area contributed by atoms with Crippen molar-refractivity contribution >= 4 is 5.97 Å². The second-order valence-electron chi connectivity index (χ2n) is 4.19. The van der Waals surface area contributed by atoms with Gasteiger partial charge in [0.15, 0.2) is 0 Å². The summed E-state index contributed by atoms with van der Waals surface area (Å²) < 4.78 is 13.7. The zero-order valence-corrected chi connectivity index (χ0v) is 11.1. The first kappa shape index (κ1) is 18.7. The smallest absolute Gasteiger partial charge is 0.322 e. The maximum atomic E-state index is 11.1. The summed E-state index contributed by atoms with van der Waals surface area (Å²) in [5, 5.41) is 5.50. The highest BCUT2D eigenvalue weighted by atomic mass is 19.3. The molecule has 1 saturated carbocycles. The molecule has 3 N–H and O–H groups in total. The first-order chi connectivity index (χ1) is 8.11. The lowest BCUT2D eigenvalue weighted by Crippen LogP contribution is -2.32. The van der Waals surface area contributed by atoms with Crippen molar-refractivity contribution in [1.82, 2.24) is 0 Å². The molecule has 4 nitrogen and oxygen atoms in total. The van der Waals surface area contributed by atoms with Gasteiger partial charge in [-0.15, -0.1) is 0 Å². The van der Waals surface area contributed by atoms with E-state index in [9.17, 15) is 4.79 Å². The fourth-order valence-corrected chi connectivity index (χ4v) is 1.45. The highest BCUT2D eigenvalue weighted by Gasteiger charge is 2.19. The lowest BCUT2D eigenvalue weighted by atomic mass is 9.98. The zero-order chi connectivity index (χ0) is 13.7. The van der Waals surface area contributed by atoms with Gasteiger partial charge in [0.25, 0.3) is 0 Å². The van der Waals surface area contributed by atoms with E-state index >= 15 is 0 Å². The molecule has 1 unspecified atom stereocenters. The van der Waals surface area contributed by atoms with Crippen LogP contribution in [0.5, 0.6) is 0 Å². The van der Waals surface area contributed by atoms with Crippen molar-refractivity contribution in [2.45, 2.75) is 71.4 Å². The SMILES string of the molecule is CC(N)C(=O)OC1CCCCC1.CCC.OF. The molecule has 1 aliphatic carbocycles. The number of nitrogens with two attached hydrogens (primary N) is 1. The minimum absolute atomic E-state index is 0.136. The van der Waals surface area contributed by atoms with Crippen LogP contribution >= 0.6 is 0 Å². The summed E-state index contributed by atoms with van der Waals surface area (Å²) in [6, 6.07) is -0.480. The van der Waals surface area contributed by atoms with Gasteiger partial charge in [0, 0.05) is 0 Å². The van der Waals surface area contributed by atoms with Gasteiger partial charge in [-0.05, 0) is 32.6 Å². The molecule has 0 heterocycles. The number of carbonyl (C=O) groups excluding carboxylic acids is 1. The molecule has 0 aromatic heterocycles. The minimum Gasteiger partial charge on any atom is -0.461 e. The van der Waals surface area contributed by atoms with E-state index in [1.54, 1.807) is 6.92 Å². The van der Waals surface area contributed by atoms with Crippen molar-refractivity contribution in [2.75, 3.05) is 0 Å². The molecule has 0 amide bonds. The van der Waals surface area contributed by atoms with Crippen LogP contribution in [0, 0.1) is 0 Å². The van der Waals surface area contributed by atoms with Crippen LogP contribution in [-0.2, 0) is 9.53 Å². The lowest BCUT2D eigenvalue weighted by molar-refractivity contribution is -0.151. The normalized spacial score (nSPS) is 16.8. The third kappa shape index (κ3) is 11.6. The zero-order valence-electron chi connectivity index (χ0n) is 11.1. The molecule has 0 saturated heterocycles. The molecule has 5 heteroatoms. The van der Waals surface area contributed by atoms with Crippen LogP contribution in [0.25, 0.3) is 0 Å². The largest absolute Gasteiger partial charge is 0.461 e. The fraction of sp³-hybridized carbons (Fsp3) is 0.917. The highest BCUT2D eigenvalue weighted by molar-refractivity contribution is 5.75. The molecule has 0 aromatic rings. The quantitative estimate of drug-likeness (QED) is 0.739. The number of esters is 1. The van der Waals surface area contributed by atoms with Crippen LogP contribution < -0.4 is 5.73 Å². The van der Waals surface area contributed by atoms with Gasteiger partial charge in [-0.1, -0.05) is 31.2 Å². The number of carbonyl (C=O) groups is 1. The summed E-state index contributed by atoms with van der Waals surface area (Å²) in [6.45, 7) is 5.91. The molecule has 17 heavy (non-hydrogen) atoms. The molecule has 0 aliphatic heterocycles. The van der Waals surface area contributed by atoms with Crippen LogP contribution in [0.1, 0.15) is 59.3 Å². The van der Waals surface area contributed by atoms with E-state index in [2.05, 4.69) is 13.8 Å². The van der Waals surface area contributed by atoms with Crippen molar-refractivity contribution in [3.8, 4) is 0 Å². The predicted molar refractivity (Wildman–Crippen MR) is 65.9 cm³/mol. The van der Waals surface area contributed by atoms with E-state index in [4.69, 9.17) is 20.3 Å². The summed E-state index contributed by atoms with van der Waals surface area (Å²) in [4.78, 5) is 11.1. The Morgan fingerprint density at radius 1 is 1.35 bits per heavy atom. The van der Waals surface area contributed by atoms with Crippen molar-refractivity contribution in [3.05, 3.63) is 0 Å². The summed E-state index contributed by atoms with van der Waals surface area (Å²) in [5.41, 5.74) is 5.38. The summed E-state index contributed by atoms with van der Waals surface area (Å²) in [7, 11) is 0. The van der Waals surface area contributed by atoms with Crippen molar-refractivity contribution < 1.29 is 19.4 Å². The molecule has 1 rings (SSSR count). The fourth-order valence-electron chi connectivity index (χ4n) is 1.45. The van der Waals surface area contributed by atoms with Gasteiger partial charge < -0.3 is 10.5 Å². The summed E-state index contributed by atoms with van der Waals surface area (Å²) in [6.07, 6.45) is 7.04. The van der Waals surface area contributed by atoms with Crippen LogP contribution in [0.3, 0.4) is 0 Å². The van der Waals surface area contributed by atoms with E-state index in [0.29, 0.717) is 0 Å². The van der Waals surface area contributed by atoms with Gasteiger partial charge in [0.2, 0.25) is 0 Å². The second kappa shape index (κ2) is 13.4. The number of rotatable bonds is 2. The van der Waals surface area contributed by atoms with Crippen molar-refractivity contribution in [3.63, 3.8) is 0 Å². The Morgan fingerprint density at radius 2 is 1.76 bits per heavy atom. The summed E-state index contributed by atoms with van der Waals surface area (Å²) >= 11 is 0. The maximum absolute atomic E-state index is 11.1. The van der Waals surface area contributed by atoms with Crippen LogP contribution in [0.4, 0.5) is 4.53 Å². The Kier molecular flexibility index (Phi) is 14.7. The van der Waals surface area contributed by atoms with Gasteiger partial charge >= 0.3 is 5.97 Å². The third-order valence-corrected chi connectivity index (χ3v) is 2.21. The van der Waals surface area contributed by atoms with E-state index < -0.39 is 6.04 Å². The van der Waals surface area contributed by atoms with E-state index in [1.165, 1.54) is 25.7 Å². The Morgan fingerprint density at radius 3 is 2.12 bits per heavy atom. The van der Waals surface area contributed by atoms with E-state index in [0.717, 1.165) is 12.8 Å². The van der Waals surface area contributed by atoms with E-state index in [1.807, 2.05) is 0 Å². The average Bonchev–Trinajstić information content (AvgIpc) is 2.34. The number of hydrogen-bond acceptors (Lipinski definition) is 4. The van der Waals surface area contributed by atoms with E-state index in [-0.39, 0.29) is 12.1 Å². The molecule has 1 atom stereocenters. The minimum atomic E-state index is -0.480. The maximum Gasteiger partial charge on any atom is 0.322 e. The Balaban J connectivity index is 0. The Bertz CT molecular complexity index is 171.